The largest absolute Gasteiger partial charge is 0.496 e. The molecular formula is C22H29N7O3. The van der Waals surface area contributed by atoms with Crippen molar-refractivity contribution in [1.82, 2.24) is 25.0 Å². The number of benzene rings is 1. The molecule has 0 saturated carbocycles. The van der Waals surface area contributed by atoms with Gasteiger partial charge >= 0.3 is 5.97 Å². The predicted octanol–water partition coefficient (Wildman–Crippen LogP) is 2.45. The van der Waals surface area contributed by atoms with Gasteiger partial charge in [-0.15, -0.1) is 5.10 Å². The number of hydrogen-bond donors (Lipinski definition) is 3. The summed E-state index contributed by atoms with van der Waals surface area (Å²) in [6, 6.07) is 5.94. The third-order valence-corrected chi connectivity index (χ3v) is 5.03. The fraction of sp³-hybridized carbons (Fsp3) is 0.409. The fourth-order valence-electron chi connectivity index (χ4n) is 3.47. The van der Waals surface area contributed by atoms with Crippen molar-refractivity contribution in [3.8, 4) is 5.75 Å². The normalized spacial score (nSPS) is 10.8. The summed E-state index contributed by atoms with van der Waals surface area (Å²) in [7, 11) is 1.64. The summed E-state index contributed by atoms with van der Waals surface area (Å²) in [4.78, 5) is 19.6. The quantitative estimate of drug-likeness (QED) is 0.384. The van der Waals surface area contributed by atoms with Gasteiger partial charge in [0.25, 0.3) is 0 Å². The van der Waals surface area contributed by atoms with Gasteiger partial charge in [0, 0.05) is 36.8 Å². The SMILES string of the molecule is CCCCNc1nc(N)nc(C)c1Cc1cc(Cc2cn(CC(=O)O)nn2)ccc1OC. The Labute approximate surface area is 186 Å². The zero-order valence-electron chi connectivity index (χ0n) is 18.6. The topological polar surface area (TPSA) is 141 Å². The van der Waals surface area contributed by atoms with Crippen LogP contribution in [0.25, 0.3) is 0 Å². The summed E-state index contributed by atoms with van der Waals surface area (Å²) in [6.07, 6.45) is 4.85. The van der Waals surface area contributed by atoms with Gasteiger partial charge in [-0.25, -0.2) is 9.67 Å². The summed E-state index contributed by atoms with van der Waals surface area (Å²) in [5.74, 6) is 0.791. The van der Waals surface area contributed by atoms with Crippen LogP contribution in [0, 0.1) is 6.92 Å². The van der Waals surface area contributed by atoms with E-state index >= 15 is 0 Å². The Morgan fingerprint density at radius 1 is 1.28 bits per heavy atom. The minimum Gasteiger partial charge on any atom is -0.496 e. The highest BCUT2D eigenvalue weighted by molar-refractivity contribution is 5.66. The van der Waals surface area contributed by atoms with Gasteiger partial charge in [0.1, 0.15) is 18.1 Å². The molecule has 3 aromatic rings. The van der Waals surface area contributed by atoms with Crippen LogP contribution in [0.15, 0.2) is 24.4 Å². The van der Waals surface area contributed by atoms with E-state index in [-0.39, 0.29) is 12.5 Å². The van der Waals surface area contributed by atoms with E-state index in [9.17, 15) is 4.79 Å². The van der Waals surface area contributed by atoms with Gasteiger partial charge in [-0.3, -0.25) is 4.79 Å². The molecule has 10 heteroatoms. The van der Waals surface area contributed by atoms with Crippen molar-refractivity contribution in [3.05, 3.63) is 52.5 Å². The molecule has 1 aromatic carbocycles. The Morgan fingerprint density at radius 2 is 2.09 bits per heavy atom. The molecule has 3 rings (SSSR count). The van der Waals surface area contributed by atoms with Gasteiger partial charge in [0.05, 0.1) is 12.8 Å². The molecule has 0 radical (unpaired) electrons. The molecule has 0 unspecified atom stereocenters. The monoisotopic (exact) mass is 439 g/mol. The van der Waals surface area contributed by atoms with Crippen LogP contribution in [0.5, 0.6) is 5.75 Å². The third-order valence-electron chi connectivity index (χ3n) is 5.03. The lowest BCUT2D eigenvalue weighted by atomic mass is 9.99. The number of rotatable bonds is 11. The number of aromatic nitrogens is 5. The van der Waals surface area contributed by atoms with Crippen LogP contribution in [-0.4, -0.2) is 49.7 Å². The van der Waals surface area contributed by atoms with Gasteiger partial charge < -0.3 is 20.9 Å². The van der Waals surface area contributed by atoms with Crippen molar-refractivity contribution >= 4 is 17.7 Å². The lowest BCUT2D eigenvalue weighted by Gasteiger charge is -2.16. The number of carboxylic acids is 1. The highest BCUT2D eigenvalue weighted by Crippen LogP contribution is 2.28. The van der Waals surface area contributed by atoms with Crippen molar-refractivity contribution in [1.29, 1.82) is 0 Å². The Bertz CT molecular complexity index is 1080. The molecule has 170 valence electrons. The molecule has 32 heavy (non-hydrogen) atoms. The maximum Gasteiger partial charge on any atom is 0.325 e. The number of carbonyl (C=O) groups is 1. The lowest BCUT2D eigenvalue weighted by Crippen LogP contribution is -2.11. The first-order chi connectivity index (χ1) is 15.4. The molecule has 10 nitrogen and oxygen atoms in total. The number of nitrogen functional groups attached to an aromatic ring is 1. The first-order valence-corrected chi connectivity index (χ1v) is 10.5. The van der Waals surface area contributed by atoms with Gasteiger partial charge in [0.15, 0.2) is 0 Å². The molecular weight excluding hydrogens is 410 g/mol. The van der Waals surface area contributed by atoms with Crippen LogP contribution in [0.2, 0.25) is 0 Å². The molecule has 0 aliphatic rings. The van der Waals surface area contributed by atoms with Crippen LogP contribution >= 0.6 is 0 Å². The van der Waals surface area contributed by atoms with Crippen LogP contribution < -0.4 is 15.8 Å². The summed E-state index contributed by atoms with van der Waals surface area (Å²) < 4.78 is 6.90. The van der Waals surface area contributed by atoms with E-state index < -0.39 is 5.97 Å². The molecule has 0 atom stereocenters. The number of nitrogens with zero attached hydrogens (tertiary/aromatic N) is 5. The molecule has 2 aromatic heterocycles. The molecule has 0 aliphatic heterocycles. The fourth-order valence-corrected chi connectivity index (χ4v) is 3.47. The number of unbranched alkanes of at least 4 members (excludes halogenated alkanes) is 1. The minimum absolute atomic E-state index is 0.217. The van der Waals surface area contributed by atoms with E-state index in [2.05, 4.69) is 38.6 Å². The lowest BCUT2D eigenvalue weighted by molar-refractivity contribution is -0.137. The molecule has 2 heterocycles. The maximum absolute atomic E-state index is 10.9. The number of methoxy groups -OCH3 is 1. The number of nitrogens with one attached hydrogen (secondary N) is 1. The number of aliphatic carboxylic acids is 1. The van der Waals surface area contributed by atoms with Crippen LogP contribution in [-0.2, 0) is 24.2 Å². The number of anilines is 2. The van der Waals surface area contributed by atoms with E-state index in [0.29, 0.717) is 18.5 Å². The summed E-state index contributed by atoms with van der Waals surface area (Å²) in [5.41, 5.74) is 10.4. The Kier molecular flexibility index (Phi) is 7.58. The van der Waals surface area contributed by atoms with Crippen molar-refractivity contribution in [2.45, 2.75) is 46.1 Å². The Hall–Kier alpha value is -3.69. The first-order valence-electron chi connectivity index (χ1n) is 10.5. The number of nitrogens with two attached hydrogens (primary N) is 1. The van der Waals surface area contributed by atoms with E-state index in [1.807, 2.05) is 19.1 Å². The molecule has 4 N–H and O–H groups in total. The standard InChI is InChI=1S/C22H29N7O3/c1-4-5-8-24-21-18(14(2)25-22(23)26-21)11-16-9-15(6-7-19(16)32-3)10-17-12-29(28-27-17)13-20(30)31/h6-7,9,12H,4-5,8,10-11,13H2,1-3H3,(H,30,31)(H3,23,24,25,26). The smallest absolute Gasteiger partial charge is 0.325 e. The van der Waals surface area contributed by atoms with E-state index in [1.54, 1.807) is 13.3 Å². The van der Waals surface area contributed by atoms with Crippen molar-refractivity contribution in [2.24, 2.45) is 0 Å². The van der Waals surface area contributed by atoms with Crippen molar-refractivity contribution in [2.75, 3.05) is 24.7 Å². The third kappa shape index (κ3) is 5.93. The molecule has 0 fully saturated rings. The average Bonchev–Trinajstić information content (AvgIpc) is 3.16. The Morgan fingerprint density at radius 3 is 2.81 bits per heavy atom. The van der Waals surface area contributed by atoms with Gasteiger partial charge in [-0.1, -0.05) is 30.7 Å². The predicted molar refractivity (Wildman–Crippen MR) is 121 cm³/mol. The first kappa shape index (κ1) is 23.0. The highest BCUT2D eigenvalue weighted by atomic mass is 16.5. The Balaban J connectivity index is 1.86. The molecule has 0 spiro atoms. The van der Waals surface area contributed by atoms with E-state index in [1.165, 1.54) is 4.68 Å². The van der Waals surface area contributed by atoms with Crippen molar-refractivity contribution in [3.63, 3.8) is 0 Å². The minimum atomic E-state index is -0.961. The van der Waals surface area contributed by atoms with Gasteiger partial charge in [0.2, 0.25) is 5.95 Å². The number of ether oxygens (including phenoxy) is 1. The second-order valence-electron chi connectivity index (χ2n) is 7.58. The summed E-state index contributed by atoms with van der Waals surface area (Å²) in [6.45, 7) is 4.65. The number of hydrogen-bond acceptors (Lipinski definition) is 8. The second kappa shape index (κ2) is 10.6. The van der Waals surface area contributed by atoms with E-state index in [4.69, 9.17) is 15.6 Å². The van der Waals surface area contributed by atoms with Gasteiger partial charge in [-0.2, -0.15) is 4.98 Å². The molecule has 0 amide bonds. The average molecular weight is 440 g/mol. The zero-order chi connectivity index (χ0) is 23.1. The molecule has 0 aliphatic carbocycles. The van der Waals surface area contributed by atoms with E-state index in [0.717, 1.165) is 53.3 Å². The highest BCUT2D eigenvalue weighted by Gasteiger charge is 2.15. The molecule has 0 saturated heterocycles. The summed E-state index contributed by atoms with van der Waals surface area (Å²) in [5, 5.41) is 20.2. The maximum atomic E-state index is 10.9. The van der Waals surface area contributed by atoms with Crippen molar-refractivity contribution < 1.29 is 14.6 Å². The number of carboxylic acid groups (broad SMARTS) is 1. The van der Waals surface area contributed by atoms with Crippen LogP contribution in [0.1, 0.15) is 47.8 Å². The van der Waals surface area contributed by atoms with Crippen LogP contribution in [0.3, 0.4) is 0 Å². The summed E-state index contributed by atoms with van der Waals surface area (Å²) >= 11 is 0. The van der Waals surface area contributed by atoms with Crippen LogP contribution in [0.4, 0.5) is 11.8 Å². The molecule has 0 bridgehead atoms. The van der Waals surface area contributed by atoms with Gasteiger partial charge in [-0.05, 0) is 30.5 Å². The zero-order valence-corrected chi connectivity index (χ0v) is 18.6. The number of aryl methyl sites for hydroxylation is 1. The second-order valence-corrected chi connectivity index (χ2v) is 7.58.